The second-order valence-corrected chi connectivity index (χ2v) is 28.3. The molecule has 0 radical (unpaired) electrons. The first-order valence-corrected chi connectivity index (χ1v) is 37.2. The van der Waals surface area contributed by atoms with Crippen LogP contribution in [0, 0.1) is 0 Å². The van der Waals surface area contributed by atoms with E-state index in [1.807, 2.05) is 0 Å². The Balaban J connectivity index is 0.000000138. The summed E-state index contributed by atoms with van der Waals surface area (Å²) in [6.45, 7) is 0. The Labute approximate surface area is 625 Å². The van der Waals surface area contributed by atoms with Crippen molar-refractivity contribution in [1.29, 1.82) is 0 Å². The van der Waals surface area contributed by atoms with Crippen molar-refractivity contribution in [2.75, 3.05) is 0 Å². The molecule has 0 amide bonds. The van der Waals surface area contributed by atoms with Crippen LogP contribution >= 0.6 is 0 Å². The minimum absolute atomic E-state index is 1.15. The predicted molar refractivity (Wildman–Crippen MR) is 458 cm³/mol. The maximum atomic E-state index is 2.47. The van der Waals surface area contributed by atoms with Crippen LogP contribution in [0.15, 0.2) is 413 Å². The highest BCUT2D eigenvalue weighted by Crippen LogP contribution is 2.45. The lowest BCUT2D eigenvalue weighted by Crippen LogP contribution is -1.97. The van der Waals surface area contributed by atoms with Crippen molar-refractivity contribution in [1.82, 2.24) is 18.3 Å². The van der Waals surface area contributed by atoms with E-state index in [1.54, 1.807) is 0 Å². The average Bonchev–Trinajstić information content (AvgIpc) is 1.62. The van der Waals surface area contributed by atoms with E-state index in [-0.39, 0.29) is 0 Å². The molecule has 504 valence electrons. The Morgan fingerprint density at radius 1 is 0.130 bits per heavy atom. The number of hydrogen-bond donors (Lipinski definition) is 0. The van der Waals surface area contributed by atoms with E-state index in [9.17, 15) is 0 Å². The van der Waals surface area contributed by atoms with Crippen LogP contribution in [0.2, 0.25) is 0 Å². The van der Waals surface area contributed by atoms with Crippen molar-refractivity contribution in [3.63, 3.8) is 0 Å². The van der Waals surface area contributed by atoms with Crippen LogP contribution < -0.4 is 0 Å². The van der Waals surface area contributed by atoms with E-state index in [0.717, 1.165) is 11.4 Å². The summed E-state index contributed by atoms with van der Waals surface area (Å²) in [6, 6.07) is 150. The molecule has 0 aliphatic carbocycles. The molecule has 22 aromatic rings. The Kier molecular flexibility index (Phi) is 14.9. The van der Waals surface area contributed by atoms with E-state index < -0.39 is 0 Å². The monoisotopic (exact) mass is 1370 g/mol. The Hall–Kier alpha value is -14.3. The summed E-state index contributed by atoms with van der Waals surface area (Å²) in [5, 5.41) is 15.0. The molecule has 108 heavy (non-hydrogen) atoms. The van der Waals surface area contributed by atoms with Gasteiger partial charge in [-0.15, -0.1) is 0 Å². The summed E-state index contributed by atoms with van der Waals surface area (Å²) in [6.07, 6.45) is 0. The summed E-state index contributed by atoms with van der Waals surface area (Å²) in [4.78, 5) is 0. The van der Waals surface area contributed by atoms with Gasteiger partial charge >= 0.3 is 0 Å². The van der Waals surface area contributed by atoms with Gasteiger partial charge in [-0.05, 0) is 168 Å². The van der Waals surface area contributed by atoms with Gasteiger partial charge < -0.3 is 18.3 Å². The lowest BCUT2D eigenvalue weighted by molar-refractivity contribution is 1.18. The van der Waals surface area contributed by atoms with Crippen molar-refractivity contribution in [2.45, 2.75) is 0 Å². The number of aromatic nitrogens is 4. The van der Waals surface area contributed by atoms with Crippen LogP contribution in [0.1, 0.15) is 0 Å². The predicted octanol–water partition coefficient (Wildman–Crippen LogP) is 28.1. The standard InChI is InChI=1S/2C52H34N2/c1-2-13-35(14-3-1)36-25-29-40(30-26-36)53-48-22-9-7-19-44(48)46-31-27-38(33-51(46)53)39-28-32-47-45-20-8-11-24-50(45)54(52(47)34-39)49-23-10-6-18-43(49)42-21-12-16-37-15-4-5-17-41(37)42;1-2-12-35(13-3-1)37-24-28-42(29-25-37)53-49-20-10-7-17-44(49)46-30-26-39(33-51(46)53)40-27-31-47-45-18-8-11-21-50(45)54(52(47)34-40)48-19-9-6-16-43(48)41-23-22-36-14-4-5-15-38(36)32-41/h2*1-34H. The van der Waals surface area contributed by atoms with E-state index >= 15 is 0 Å². The highest BCUT2D eigenvalue weighted by atomic mass is 15.0. The average molecular weight is 1370 g/mol. The van der Waals surface area contributed by atoms with Gasteiger partial charge in [0, 0.05) is 65.6 Å². The third-order valence-electron chi connectivity index (χ3n) is 22.3. The third-order valence-corrected chi connectivity index (χ3v) is 22.3. The molecule has 4 heteroatoms. The number of fused-ring (bicyclic) bond motifs is 14. The second-order valence-electron chi connectivity index (χ2n) is 28.3. The molecule has 18 aromatic carbocycles. The van der Waals surface area contributed by atoms with E-state index in [4.69, 9.17) is 0 Å². The summed E-state index contributed by atoms with van der Waals surface area (Å²) >= 11 is 0. The molecule has 0 atom stereocenters. The molecule has 0 bridgehead atoms. The molecule has 4 aromatic heterocycles. The van der Waals surface area contributed by atoms with Crippen molar-refractivity contribution < 1.29 is 0 Å². The van der Waals surface area contributed by atoms with E-state index in [0.29, 0.717) is 0 Å². The smallest absolute Gasteiger partial charge is 0.0547 e. The molecule has 22 rings (SSSR count). The number of nitrogens with zero attached hydrogens (tertiary/aromatic N) is 4. The van der Waals surface area contributed by atoms with Crippen molar-refractivity contribution in [2.24, 2.45) is 0 Å². The molecule has 0 aliphatic rings. The van der Waals surface area contributed by atoms with Crippen molar-refractivity contribution >= 4 is 109 Å². The van der Waals surface area contributed by atoms with Gasteiger partial charge in [0.1, 0.15) is 0 Å². The van der Waals surface area contributed by atoms with Gasteiger partial charge in [0.2, 0.25) is 0 Å². The topological polar surface area (TPSA) is 19.7 Å². The van der Waals surface area contributed by atoms with Crippen molar-refractivity contribution in [3.8, 4) is 89.5 Å². The normalized spacial score (nSPS) is 11.7. The summed E-state index contributed by atoms with van der Waals surface area (Å²) < 4.78 is 9.76. The first-order chi connectivity index (χ1) is 53.6. The lowest BCUT2D eigenvalue weighted by Gasteiger charge is -2.16. The Morgan fingerprint density at radius 3 is 0.889 bits per heavy atom. The van der Waals surface area contributed by atoms with Crippen LogP contribution in [-0.4, -0.2) is 18.3 Å². The van der Waals surface area contributed by atoms with Crippen LogP contribution in [0.5, 0.6) is 0 Å². The van der Waals surface area contributed by atoms with E-state index in [1.165, 1.54) is 187 Å². The summed E-state index contributed by atoms with van der Waals surface area (Å²) in [5.74, 6) is 0. The Morgan fingerprint density at radius 2 is 0.426 bits per heavy atom. The van der Waals surface area contributed by atoms with Gasteiger partial charge in [0.15, 0.2) is 0 Å². The SMILES string of the molecule is c1ccc(-c2ccc(-n3c4ccccc4c4ccc(-c5ccc6c7ccccc7n(-c7ccccc7-c7ccc8ccccc8c7)c6c5)cc43)cc2)cc1.c1ccc(-c2ccc(-n3c4ccccc4c4ccc(-c5ccc6c7ccccc7n(-c7ccccc7-c7cccc8ccccc78)c6c5)cc43)cc2)cc1. The quantitative estimate of drug-likeness (QED) is 0.130. The summed E-state index contributed by atoms with van der Waals surface area (Å²) in [7, 11) is 0. The van der Waals surface area contributed by atoms with Crippen LogP contribution in [-0.2, 0) is 0 Å². The van der Waals surface area contributed by atoms with Crippen LogP contribution in [0.3, 0.4) is 0 Å². The zero-order valence-corrected chi connectivity index (χ0v) is 59.0. The fourth-order valence-corrected chi connectivity index (χ4v) is 17.2. The molecule has 4 nitrogen and oxygen atoms in total. The molecule has 0 aliphatic heterocycles. The van der Waals surface area contributed by atoms with Crippen LogP contribution in [0.4, 0.5) is 0 Å². The molecule has 0 saturated heterocycles. The maximum Gasteiger partial charge on any atom is 0.0547 e. The highest BCUT2D eigenvalue weighted by molar-refractivity contribution is 6.15. The molecule has 0 saturated carbocycles. The van der Waals surface area contributed by atoms with Gasteiger partial charge in [0.05, 0.1) is 55.5 Å². The maximum absolute atomic E-state index is 2.47. The number of benzene rings is 18. The van der Waals surface area contributed by atoms with Gasteiger partial charge in [-0.3, -0.25) is 0 Å². The third kappa shape index (κ3) is 10.4. The number of para-hydroxylation sites is 6. The largest absolute Gasteiger partial charge is 0.309 e. The van der Waals surface area contributed by atoms with Crippen LogP contribution in [0.25, 0.3) is 198 Å². The zero-order valence-electron chi connectivity index (χ0n) is 59.0. The molecule has 0 fully saturated rings. The summed E-state index contributed by atoms with van der Waals surface area (Å²) in [5.41, 5.74) is 28.7. The minimum atomic E-state index is 1.15. The molecule has 0 N–H and O–H groups in total. The van der Waals surface area contributed by atoms with Gasteiger partial charge in [-0.1, -0.05) is 322 Å². The molecular formula is C104H68N4. The lowest BCUT2D eigenvalue weighted by atomic mass is 9.97. The second kappa shape index (κ2) is 25.8. The van der Waals surface area contributed by atoms with Gasteiger partial charge in [-0.25, -0.2) is 0 Å². The molecule has 4 heterocycles. The fraction of sp³-hybridized carbons (Fsp3) is 0. The molecular weight excluding hydrogens is 1310 g/mol. The highest BCUT2D eigenvalue weighted by Gasteiger charge is 2.22. The van der Waals surface area contributed by atoms with Crippen molar-refractivity contribution in [3.05, 3.63) is 413 Å². The number of hydrogen-bond acceptors (Lipinski definition) is 0. The Bertz CT molecular complexity index is 7260. The zero-order chi connectivity index (χ0) is 71.2. The van der Waals surface area contributed by atoms with Gasteiger partial charge in [-0.2, -0.15) is 0 Å². The minimum Gasteiger partial charge on any atom is -0.309 e. The van der Waals surface area contributed by atoms with E-state index in [2.05, 4.69) is 431 Å². The molecule has 0 unspecified atom stereocenters. The fourth-order valence-electron chi connectivity index (χ4n) is 17.2. The first-order valence-electron chi connectivity index (χ1n) is 37.2. The first kappa shape index (κ1) is 62.3. The number of rotatable bonds is 10. The van der Waals surface area contributed by atoms with Gasteiger partial charge in [0.25, 0.3) is 0 Å². The molecule has 0 spiro atoms.